The van der Waals surface area contributed by atoms with Crippen LogP contribution in [0.1, 0.15) is 38.5 Å². The Hall–Kier alpha value is -0.120. The maximum atomic E-state index is 6.31. The van der Waals surface area contributed by atoms with Crippen LogP contribution in [0.3, 0.4) is 0 Å². The third kappa shape index (κ3) is 2.76. The molecular formula is C13H26N2O. The number of nitrogens with two attached hydrogens (primary N) is 1. The van der Waals surface area contributed by atoms with Gasteiger partial charge in [-0.2, -0.15) is 0 Å². The summed E-state index contributed by atoms with van der Waals surface area (Å²) in [6, 6.07) is 0.365. The molecule has 94 valence electrons. The van der Waals surface area contributed by atoms with Gasteiger partial charge in [-0.1, -0.05) is 0 Å². The van der Waals surface area contributed by atoms with E-state index in [4.69, 9.17) is 10.5 Å². The molecule has 1 heterocycles. The molecule has 0 radical (unpaired) electrons. The Bertz CT molecular complexity index is 226. The fraction of sp³-hybridized carbons (Fsp3) is 1.00. The van der Waals surface area contributed by atoms with Crippen molar-refractivity contribution in [3.63, 3.8) is 0 Å². The molecule has 2 unspecified atom stereocenters. The summed E-state index contributed by atoms with van der Waals surface area (Å²) in [7, 11) is 4.23. The van der Waals surface area contributed by atoms with E-state index in [9.17, 15) is 0 Å². The summed E-state index contributed by atoms with van der Waals surface area (Å²) in [6.07, 6.45) is 7.37. The number of nitrogens with zero attached hydrogens (tertiary/aromatic N) is 1. The van der Waals surface area contributed by atoms with Gasteiger partial charge in [0.2, 0.25) is 0 Å². The maximum Gasteiger partial charge on any atom is 0.0685 e. The SMILES string of the molecule is CN(C)CCC(N)C1CCOC2(CCC2)C1. The molecule has 2 atom stereocenters. The highest BCUT2D eigenvalue weighted by molar-refractivity contribution is 4.96. The third-order valence-electron chi connectivity index (χ3n) is 4.31. The Morgan fingerprint density at radius 2 is 2.19 bits per heavy atom. The van der Waals surface area contributed by atoms with Crippen molar-refractivity contribution in [1.82, 2.24) is 4.90 Å². The third-order valence-corrected chi connectivity index (χ3v) is 4.31. The second kappa shape index (κ2) is 5.03. The molecule has 2 aliphatic rings. The predicted molar refractivity (Wildman–Crippen MR) is 66.4 cm³/mol. The molecule has 1 spiro atoms. The van der Waals surface area contributed by atoms with E-state index < -0.39 is 0 Å². The lowest BCUT2D eigenvalue weighted by Gasteiger charge is -2.48. The van der Waals surface area contributed by atoms with Gasteiger partial charge in [0, 0.05) is 12.6 Å². The molecule has 2 rings (SSSR count). The van der Waals surface area contributed by atoms with Gasteiger partial charge in [0.15, 0.2) is 0 Å². The fourth-order valence-corrected chi connectivity index (χ4v) is 2.99. The summed E-state index contributed by atoms with van der Waals surface area (Å²) in [5.41, 5.74) is 6.56. The predicted octanol–water partition coefficient (Wildman–Crippen LogP) is 1.61. The molecule has 2 fully saturated rings. The molecule has 3 heteroatoms. The standard InChI is InChI=1S/C13H26N2O/c1-15(2)8-4-12(14)11-5-9-16-13(10-11)6-3-7-13/h11-12H,3-10,14H2,1-2H3. The molecule has 2 N–H and O–H groups in total. The van der Waals surface area contributed by atoms with E-state index in [1.807, 2.05) is 0 Å². The van der Waals surface area contributed by atoms with Crippen LogP contribution in [0.25, 0.3) is 0 Å². The van der Waals surface area contributed by atoms with E-state index in [2.05, 4.69) is 19.0 Å². The largest absolute Gasteiger partial charge is 0.375 e. The van der Waals surface area contributed by atoms with Crippen molar-refractivity contribution in [1.29, 1.82) is 0 Å². The van der Waals surface area contributed by atoms with Gasteiger partial charge < -0.3 is 15.4 Å². The zero-order chi connectivity index (χ0) is 11.6. The summed E-state index contributed by atoms with van der Waals surface area (Å²) >= 11 is 0. The molecule has 16 heavy (non-hydrogen) atoms. The van der Waals surface area contributed by atoms with Crippen LogP contribution < -0.4 is 5.73 Å². The van der Waals surface area contributed by atoms with Crippen molar-refractivity contribution in [2.75, 3.05) is 27.2 Å². The Kier molecular flexibility index (Phi) is 3.88. The quantitative estimate of drug-likeness (QED) is 0.791. The fourth-order valence-electron chi connectivity index (χ4n) is 2.99. The van der Waals surface area contributed by atoms with E-state index >= 15 is 0 Å². The van der Waals surface area contributed by atoms with Crippen LogP contribution >= 0.6 is 0 Å². The average molecular weight is 226 g/mol. The molecule has 1 saturated carbocycles. The Morgan fingerprint density at radius 1 is 1.44 bits per heavy atom. The summed E-state index contributed by atoms with van der Waals surface area (Å²) < 4.78 is 5.94. The summed E-state index contributed by atoms with van der Waals surface area (Å²) in [6.45, 7) is 2.03. The highest BCUT2D eigenvalue weighted by Gasteiger charge is 2.43. The van der Waals surface area contributed by atoms with Crippen molar-refractivity contribution in [2.24, 2.45) is 11.7 Å². The maximum absolute atomic E-state index is 6.31. The zero-order valence-electron chi connectivity index (χ0n) is 10.7. The minimum atomic E-state index is 0.249. The van der Waals surface area contributed by atoms with Crippen LogP contribution in [0.2, 0.25) is 0 Å². The monoisotopic (exact) mass is 226 g/mol. The molecule has 0 bridgehead atoms. The van der Waals surface area contributed by atoms with Gasteiger partial charge in [-0.05, 0) is 65.1 Å². The Labute approximate surface area is 99.3 Å². The topological polar surface area (TPSA) is 38.5 Å². The molecule has 0 amide bonds. The van der Waals surface area contributed by atoms with Crippen LogP contribution in [0.5, 0.6) is 0 Å². The van der Waals surface area contributed by atoms with Crippen molar-refractivity contribution >= 4 is 0 Å². The van der Waals surface area contributed by atoms with Gasteiger partial charge >= 0.3 is 0 Å². The molecular weight excluding hydrogens is 200 g/mol. The Morgan fingerprint density at radius 3 is 2.75 bits per heavy atom. The molecule has 0 aromatic heterocycles. The lowest BCUT2D eigenvalue weighted by molar-refractivity contribution is -0.146. The minimum absolute atomic E-state index is 0.249. The molecule has 1 aliphatic heterocycles. The summed E-state index contributed by atoms with van der Waals surface area (Å²) in [5, 5.41) is 0. The first kappa shape index (κ1) is 12.3. The first-order valence-corrected chi connectivity index (χ1v) is 6.66. The van der Waals surface area contributed by atoms with Gasteiger partial charge in [-0.3, -0.25) is 0 Å². The Balaban J connectivity index is 1.79. The van der Waals surface area contributed by atoms with E-state index in [0.29, 0.717) is 12.0 Å². The normalized spacial score (nSPS) is 30.4. The molecule has 1 saturated heterocycles. The highest BCUT2D eigenvalue weighted by Crippen LogP contribution is 2.44. The van der Waals surface area contributed by atoms with Gasteiger partial charge in [0.25, 0.3) is 0 Å². The second-order valence-corrected chi connectivity index (χ2v) is 5.89. The van der Waals surface area contributed by atoms with Crippen LogP contribution in [0.15, 0.2) is 0 Å². The van der Waals surface area contributed by atoms with Crippen molar-refractivity contribution < 1.29 is 4.74 Å². The molecule has 0 aromatic carbocycles. The van der Waals surface area contributed by atoms with Crippen molar-refractivity contribution in [2.45, 2.75) is 50.2 Å². The molecule has 0 aromatic rings. The second-order valence-electron chi connectivity index (χ2n) is 5.89. The first-order valence-electron chi connectivity index (χ1n) is 6.66. The number of hydrogen-bond acceptors (Lipinski definition) is 3. The van der Waals surface area contributed by atoms with Crippen LogP contribution in [-0.4, -0.2) is 43.8 Å². The average Bonchev–Trinajstić information content (AvgIpc) is 2.24. The lowest BCUT2D eigenvalue weighted by atomic mass is 9.70. The van der Waals surface area contributed by atoms with Gasteiger partial charge in [0.1, 0.15) is 0 Å². The summed E-state index contributed by atoms with van der Waals surface area (Å²) in [4.78, 5) is 2.22. The highest BCUT2D eigenvalue weighted by atomic mass is 16.5. The minimum Gasteiger partial charge on any atom is -0.375 e. The number of rotatable bonds is 4. The van der Waals surface area contributed by atoms with E-state index in [1.54, 1.807) is 0 Å². The van der Waals surface area contributed by atoms with Gasteiger partial charge in [-0.15, -0.1) is 0 Å². The smallest absolute Gasteiger partial charge is 0.0685 e. The lowest BCUT2D eigenvalue weighted by Crippen LogP contribution is -2.49. The zero-order valence-corrected chi connectivity index (χ0v) is 10.7. The van der Waals surface area contributed by atoms with E-state index in [1.165, 1.54) is 25.7 Å². The van der Waals surface area contributed by atoms with Crippen molar-refractivity contribution in [3.8, 4) is 0 Å². The molecule has 1 aliphatic carbocycles. The molecule has 3 nitrogen and oxygen atoms in total. The van der Waals surface area contributed by atoms with E-state index in [0.717, 1.165) is 26.0 Å². The van der Waals surface area contributed by atoms with E-state index in [-0.39, 0.29) is 5.60 Å². The van der Waals surface area contributed by atoms with Crippen LogP contribution in [-0.2, 0) is 4.74 Å². The van der Waals surface area contributed by atoms with Gasteiger partial charge in [-0.25, -0.2) is 0 Å². The van der Waals surface area contributed by atoms with Gasteiger partial charge in [0.05, 0.1) is 5.60 Å². The number of hydrogen-bond donors (Lipinski definition) is 1. The number of ether oxygens (including phenoxy) is 1. The first-order chi connectivity index (χ1) is 7.61. The van der Waals surface area contributed by atoms with Crippen LogP contribution in [0, 0.1) is 5.92 Å². The van der Waals surface area contributed by atoms with Crippen molar-refractivity contribution in [3.05, 3.63) is 0 Å². The summed E-state index contributed by atoms with van der Waals surface area (Å²) in [5.74, 6) is 0.689. The van der Waals surface area contributed by atoms with Crippen LogP contribution in [0.4, 0.5) is 0 Å².